The molecule has 0 saturated heterocycles. The first-order chi connectivity index (χ1) is 11.6. The molecule has 1 rings (SSSR count). The van der Waals surface area contributed by atoms with Crippen molar-refractivity contribution in [1.82, 2.24) is 5.32 Å². The largest absolute Gasteiger partial charge is 0.478 e. The molecule has 0 bridgehead atoms. The van der Waals surface area contributed by atoms with Gasteiger partial charge < -0.3 is 15.2 Å². The molecule has 1 aromatic carbocycles. The predicted molar refractivity (Wildman–Crippen MR) is 87.9 cm³/mol. The molecule has 0 radical (unpaired) electrons. The molecule has 0 saturated carbocycles. The van der Waals surface area contributed by atoms with Crippen LogP contribution in [0.5, 0.6) is 0 Å². The van der Waals surface area contributed by atoms with Gasteiger partial charge in [-0.2, -0.15) is 0 Å². The number of nitrogens with zero attached hydrogens (tertiary/aromatic N) is 3. The summed E-state index contributed by atoms with van der Waals surface area (Å²) in [6.45, 7) is 0.564. The summed E-state index contributed by atoms with van der Waals surface area (Å²) in [6.07, 6.45) is 1.98. The summed E-state index contributed by atoms with van der Waals surface area (Å²) in [4.78, 5) is 25.6. The topological polar surface area (TPSA) is 124 Å². The van der Waals surface area contributed by atoms with Crippen molar-refractivity contribution in [2.75, 3.05) is 6.54 Å². The molecule has 8 heteroatoms. The summed E-state index contributed by atoms with van der Waals surface area (Å²) in [6, 6.07) is 9.14. The number of azide groups is 1. The Labute approximate surface area is 140 Å². The van der Waals surface area contributed by atoms with E-state index in [1.807, 2.05) is 30.3 Å². The molecule has 130 valence electrons. The molecule has 1 amide bonds. The zero-order valence-corrected chi connectivity index (χ0v) is 13.4. The molecule has 2 N–H and O–H groups in total. The highest BCUT2D eigenvalue weighted by molar-refractivity contribution is 5.82. The molecule has 1 aromatic rings. The molecule has 0 fully saturated rings. The van der Waals surface area contributed by atoms with Crippen LogP contribution in [0.4, 0.5) is 0 Å². The van der Waals surface area contributed by atoms with Crippen molar-refractivity contribution in [1.29, 1.82) is 0 Å². The van der Waals surface area contributed by atoms with Gasteiger partial charge in [0.05, 0.1) is 6.61 Å². The average molecular weight is 334 g/mol. The molecule has 1 unspecified atom stereocenters. The fourth-order valence-corrected chi connectivity index (χ4v) is 2.01. The van der Waals surface area contributed by atoms with E-state index in [0.717, 1.165) is 24.8 Å². The second kappa shape index (κ2) is 11.9. The van der Waals surface area contributed by atoms with Crippen molar-refractivity contribution >= 4 is 11.9 Å². The Morgan fingerprint density at radius 3 is 2.58 bits per heavy atom. The van der Waals surface area contributed by atoms with Crippen LogP contribution in [0.25, 0.3) is 10.4 Å². The lowest BCUT2D eigenvalue weighted by Crippen LogP contribution is -2.42. The number of rotatable bonds is 12. The zero-order valence-electron chi connectivity index (χ0n) is 13.4. The molecule has 0 aliphatic heterocycles. The molecule has 8 nitrogen and oxygen atoms in total. The minimum Gasteiger partial charge on any atom is -0.478 e. The first-order valence-corrected chi connectivity index (χ1v) is 7.82. The highest BCUT2D eigenvalue weighted by Gasteiger charge is 2.20. The standard InChI is InChI=1S/C16H22N4O4/c17-20-18-11-7-2-1-6-10-14(21)19-15(16(22)23)24-12-13-8-4-3-5-9-13/h3-5,8-9,15H,1-2,6-7,10-12H2,(H,19,21)(H,22,23). The molecule has 0 aliphatic rings. The van der Waals surface area contributed by atoms with Crippen molar-refractivity contribution in [3.8, 4) is 0 Å². The van der Waals surface area contributed by atoms with Crippen LogP contribution in [0.3, 0.4) is 0 Å². The van der Waals surface area contributed by atoms with Gasteiger partial charge in [-0.25, -0.2) is 4.79 Å². The molecular weight excluding hydrogens is 312 g/mol. The molecule has 0 aromatic heterocycles. The summed E-state index contributed by atoms with van der Waals surface area (Å²) in [5.74, 6) is -1.58. The van der Waals surface area contributed by atoms with Crippen molar-refractivity contribution in [2.45, 2.75) is 44.9 Å². The van der Waals surface area contributed by atoms with E-state index >= 15 is 0 Å². The second-order valence-corrected chi connectivity index (χ2v) is 5.20. The normalized spacial score (nSPS) is 11.3. The summed E-state index contributed by atoms with van der Waals surface area (Å²) in [5.41, 5.74) is 8.96. The number of nitrogens with one attached hydrogen (secondary N) is 1. The highest BCUT2D eigenvalue weighted by Crippen LogP contribution is 2.05. The van der Waals surface area contributed by atoms with Crippen LogP contribution in [0.15, 0.2) is 35.4 Å². The molecule has 0 aliphatic carbocycles. The van der Waals surface area contributed by atoms with Gasteiger partial charge in [-0.3, -0.25) is 4.79 Å². The Morgan fingerprint density at radius 2 is 1.92 bits per heavy atom. The Bertz CT molecular complexity index is 558. The fourth-order valence-electron chi connectivity index (χ4n) is 2.01. The molecule has 0 heterocycles. The fraction of sp³-hybridized carbons (Fsp3) is 0.500. The van der Waals surface area contributed by atoms with Crippen LogP contribution < -0.4 is 5.32 Å². The lowest BCUT2D eigenvalue weighted by molar-refractivity contribution is -0.156. The number of carbonyl (C=O) groups is 2. The maximum atomic E-state index is 11.8. The number of benzene rings is 1. The van der Waals surface area contributed by atoms with Crippen molar-refractivity contribution in [3.05, 3.63) is 46.3 Å². The van der Waals surface area contributed by atoms with Gasteiger partial charge in [0.2, 0.25) is 12.1 Å². The number of carboxylic acid groups (broad SMARTS) is 1. The maximum absolute atomic E-state index is 11.8. The second-order valence-electron chi connectivity index (χ2n) is 5.20. The first-order valence-electron chi connectivity index (χ1n) is 7.82. The molecule has 0 spiro atoms. The lowest BCUT2D eigenvalue weighted by Gasteiger charge is -2.15. The van der Waals surface area contributed by atoms with Gasteiger partial charge >= 0.3 is 5.97 Å². The molecule has 24 heavy (non-hydrogen) atoms. The van der Waals surface area contributed by atoms with Gasteiger partial charge in [0.1, 0.15) is 0 Å². The smallest absolute Gasteiger partial charge is 0.354 e. The first kappa shape index (κ1) is 19.5. The van der Waals surface area contributed by atoms with Gasteiger partial charge in [-0.15, -0.1) is 0 Å². The van der Waals surface area contributed by atoms with Crippen molar-refractivity contribution in [2.24, 2.45) is 5.11 Å². The highest BCUT2D eigenvalue weighted by atomic mass is 16.5. The number of hydrogen-bond donors (Lipinski definition) is 2. The summed E-state index contributed by atoms with van der Waals surface area (Å²) in [5, 5.41) is 14.9. The number of carboxylic acids is 1. The Kier molecular flexibility index (Phi) is 9.68. The van der Waals surface area contributed by atoms with Gasteiger partial charge in [-0.05, 0) is 23.9 Å². The van der Waals surface area contributed by atoms with E-state index < -0.39 is 12.2 Å². The molecule has 1 atom stereocenters. The molecular formula is C16H22N4O4. The quantitative estimate of drug-likeness (QED) is 0.200. The summed E-state index contributed by atoms with van der Waals surface area (Å²) < 4.78 is 5.25. The third-order valence-corrected chi connectivity index (χ3v) is 3.25. The number of carbonyl (C=O) groups excluding carboxylic acids is 1. The number of unbranched alkanes of at least 4 members (excludes halogenated alkanes) is 3. The van der Waals surface area contributed by atoms with Crippen LogP contribution in [-0.4, -0.2) is 29.8 Å². The number of aliphatic carboxylic acids is 1. The van der Waals surface area contributed by atoms with E-state index in [-0.39, 0.29) is 18.9 Å². The van der Waals surface area contributed by atoms with E-state index in [9.17, 15) is 9.59 Å². The van der Waals surface area contributed by atoms with E-state index in [4.69, 9.17) is 15.4 Å². The Morgan fingerprint density at radius 1 is 1.21 bits per heavy atom. The number of ether oxygens (including phenoxy) is 1. The predicted octanol–water partition coefficient (Wildman–Crippen LogP) is 2.99. The average Bonchev–Trinajstić information content (AvgIpc) is 2.58. The van der Waals surface area contributed by atoms with Crippen LogP contribution in [0.2, 0.25) is 0 Å². The van der Waals surface area contributed by atoms with Gasteiger partial charge in [0.25, 0.3) is 0 Å². The van der Waals surface area contributed by atoms with Crippen LogP contribution in [0, 0.1) is 0 Å². The van der Waals surface area contributed by atoms with Gasteiger partial charge in [-0.1, -0.05) is 48.3 Å². The van der Waals surface area contributed by atoms with Crippen LogP contribution in [0.1, 0.15) is 37.7 Å². The van der Waals surface area contributed by atoms with E-state index in [1.54, 1.807) is 0 Å². The Balaban J connectivity index is 2.25. The minimum atomic E-state index is -1.36. The van der Waals surface area contributed by atoms with Crippen molar-refractivity contribution in [3.63, 3.8) is 0 Å². The third kappa shape index (κ3) is 8.77. The van der Waals surface area contributed by atoms with Crippen LogP contribution in [-0.2, 0) is 20.9 Å². The minimum absolute atomic E-state index is 0.109. The Hall–Kier alpha value is -2.57. The summed E-state index contributed by atoms with van der Waals surface area (Å²) in [7, 11) is 0. The third-order valence-electron chi connectivity index (χ3n) is 3.25. The summed E-state index contributed by atoms with van der Waals surface area (Å²) >= 11 is 0. The SMILES string of the molecule is [N-]=[N+]=NCCCCCCC(=O)NC(OCc1ccccc1)C(=O)O. The lowest BCUT2D eigenvalue weighted by atomic mass is 10.1. The van der Waals surface area contributed by atoms with Crippen LogP contribution >= 0.6 is 0 Å². The monoisotopic (exact) mass is 334 g/mol. The van der Waals surface area contributed by atoms with E-state index in [0.29, 0.717) is 13.0 Å². The maximum Gasteiger partial charge on any atom is 0.354 e. The zero-order chi connectivity index (χ0) is 17.6. The number of amides is 1. The van der Waals surface area contributed by atoms with Gasteiger partial charge in [0, 0.05) is 17.9 Å². The number of hydrogen-bond acceptors (Lipinski definition) is 4. The van der Waals surface area contributed by atoms with E-state index in [1.165, 1.54) is 0 Å². The van der Waals surface area contributed by atoms with E-state index in [2.05, 4.69) is 15.3 Å². The van der Waals surface area contributed by atoms with Gasteiger partial charge in [0.15, 0.2) is 0 Å². The van der Waals surface area contributed by atoms with Crippen molar-refractivity contribution < 1.29 is 19.4 Å².